The van der Waals surface area contributed by atoms with Gasteiger partial charge in [-0.1, -0.05) is 6.92 Å². The van der Waals surface area contributed by atoms with E-state index in [2.05, 4.69) is 6.92 Å². The van der Waals surface area contributed by atoms with Crippen LogP contribution in [0.2, 0.25) is 0 Å². The highest BCUT2D eigenvalue weighted by Crippen LogP contribution is 2.17. The normalized spacial score (nSPS) is 29.3. The number of hydrogen-bond acceptors (Lipinski definition) is 2. The van der Waals surface area contributed by atoms with Gasteiger partial charge in [0.05, 0.1) is 6.26 Å². The van der Waals surface area contributed by atoms with Gasteiger partial charge in [0.1, 0.15) is 6.10 Å². The Morgan fingerprint density at radius 3 is 2.82 bits per heavy atom. The van der Waals surface area contributed by atoms with E-state index in [0.29, 0.717) is 5.92 Å². The van der Waals surface area contributed by atoms with E-state index in [1.54, 1.807) is 18.4 Å². The van der Waals surface area contributed by atoms with Crippen molar-refractivity contribution in [2.45, 2.75) is 20.0 Å². The van der Waals surface area contributed by atoms with Gasteiger partial charge in [0.15, 0.2) is 5.78 Å². The lowest BCUT2D eigenvalue weighted by Crippen LogP contribution is -2.10. The first-order chi connectivity index (χ1) is 5.20. The maximum atomic E-state index is 10.5. The first kappa shape index (κ1) is 8.05. The minimum atomic E-state index is 0.0545. The fourth-order valence-electron chi connectivity index (χ4n) is 0.944. The standard InChI is InChI=1S/C9H12O2/c1-7-5-6-11-9(7)4-3-8(2)10/h3-7,9H,1-2H3/b4-3+. The van der Waals surface area contributed by atoms with Gasteiger partial charge in [-0.25, -0.2) is 0 Å². The maximum absolute atomic E-state index is 10.5. The molecule has 0 radical (unpaired) electrons. The van der Waals surface area contributed by atoms with Crippen molar-refractivity contribution < 1.29 is 9.53 Å². The molecule has 0 bridgehead atoms. The highest BCUT2D eigenvalue weighted by atomic mass is 16.5. The van der Waals surface area contributed by atoms with Crippen LogP contribution in [0.4, 0.5) is 0 Å². The molecule has 0 aromatic carbocycles. The quantitative estimate of drug-likeness (QED) is 0.563. The largest absolute Gasteiger partial charge is 0.494 e. The maximum Gasteiger partial charge on any atom is 0.152 e. The SMILES string of the molecule is CC(=O)/C=C/C1OC=CC1C. The molecule has 2 atom stereocenters. The summed E-state index contributed by atoms with van der Waals surface area (Å²) in [7, 11) is 0. The summed E-state index contributed by atoms with van der Waals surface area (Å²) in [5.41, 5.74) is 0. The summed E-state index contributed by atoms with van der Waals surface area (Å²) in [6, 6.07) is 0. The molecular weight excluding hydrogens is 140 g/mol. The molecule has 0 amide bonds. The van der Waals surface area contributed by atoms with Crippen LogP contribution in [0.5, 0.6) is 0 Å². The molecule has 1 aliphatic rings. The van der Waals surface area contributed by atoms with E-state index in [1.165, 1.54) is 6.92 Å². The van der Waals surface area contributed by atoms with Crippen molar-refractivity contribution in [1.29, 1.82) is 0 Å². The highest BCUT2D eigenvalue weighted by molar-refractivity contribution is 5.87. The highest BCUT2D eigenvalue weighted by Gasteiger charge is 2.16. The number of carbonyl (C=O) groups excluding carboxylic acids is 1. The van der Waals surface area contributed by atoms with Gasteiger partial charge in [-0.2, -0.15) is 0 Å². The van der Waals surface area contributed by atoms with Gasteiger partial charge < -0.3 is 4.74 Å². The van der Waals surface area contributed by atoms with Crippen LogP contribution in [0.15, 0.2) is 24.5 Å². The topological polar surface area (TPSA) is 26.3 Å². The summed E-state index contributed by atoms with van der Waals surface area (Å²) < 4.78 is 5.20. The van der Waals surface area contributed by atoms with Crippen molar-refractivity contribution in [3.05, 3.63) is 24.5 Å². The Hall–Kier alpha value is -1.05. The summed E-state index contributed by atoms with van der Waals surface area (Å²) in [6.45, 7) is 3.59. The van der Waals surface area contributed by atoms with Crippen molar-refractivity contribution in [2.24, 2.45) is 5.92 Å². The predicted octanol–water partition coefficient (Wildman–Crippen LogP) is 1.68. The van der Waals surface area contributed by atoms with Gasteiger partial charge in [-0.05, 0) is 25.2 Å². The molecule has 2 unspecified atom stereocenters. The average molecular weight is 152 g/mol. The third-order valence-electron chi connectivity index (χ3n) is 1.66. The molecule has 0 saturated heterocycles. The Kier molecular flexibility index (Phi) is 2.47. The molecule has 0 spiro atoms. The second-order valence-electron chi connectivity index (χ2n) is 2.76. The number of ether oxygens (including phenoxy) is 1. The molecule has 0 aromatic heterocycles. The average Bonchev–Trinajstić information content (AvgIpc) is 2.31. The zero-order chi connectivity index (χ0) is 8.27. The monoisotopic (exact) mass is 152 g/mol. The van der Waals surface area contributed by atoms with Crippen LogP contribution in [-0.4, -0.2) is 11.9 Å². The second-order valence-corrected chi connectivity index (χ2v) is 2.76. The van der Waals surface area contributed by atoms with Crippen LogP contribution < -0.4 is 0 Å². The van der Waals surface area contributed by atoms with E-state index in [-0.39, 0.29) is 11.9 Å². The molecule has 1 rings (SSSR count). The summed E-state index contributed by atoms with van der Waals surface area (Å²) in [6.07, 6.45) is 7.06. The van der Waals surface area contributed by atoms with Gasteiger partial charge in [0, 0.05) is 5.92 Å². The zero-order valence-electron chi connectivity index (χ0n) is 6.78. The Morgan fingerprint density at radius 2 is 2.36 bits per heavy atom. The number of ketones is 1. The van der Waals surface area contributed by atoms with Crippen LogP contribution in [-0.2, 0) is 9.53 Å². The van der Waals surface area contributed by atoms with Crippen LogP contribution >= 0.6 is 0 Å². The van der Waals surface area contributed by atoms with Crippen molar-refractivity contribution in [3.63, 3.8) is 0 Å². The fourth-order valence-corrected chi connectivity index (χ4v) is 0.944. The lowest BCUT2D eigenvalue weighted by atomic mass is 10.1. The summed E-state index contributed by atoms with van der Waals surface area (Å²) in [5, 5.41) is 0. The molecule has 0 N–H and O–H groups in total. The minimum Gasteiger partial charge on any atom is -0.494 e. The van der Waals surface area contributed by atoms with Gasteiger partial charge in [-0.15, -0.1) is 0 Å². The van der Waals surface area contributed by atoms with Gasteiger partial charge in [0.2, 0.25) is 0 Å². The summed E-state index contributed by atoms with van der Waals surface area (Å²) >= 11 is 0. The van der Waals surface area contributed by atoms with Crippen molar-refractivity contribution in [1.82, 2.24) is 0 Å². The fraction of sp³-hybridized carbons (Fsp3) is 0.444. The van der Waals surface area contributed by atoms with E-state index in [1.807, 2.05) is 6.08 Å². The van der Waals surface area contributed by atoms with Crippen LogP contribution in [0.25, 0.3) is 0 Å². The number of allylic oxidation sites excluding steroid dienone is 1. The van der Waals surface area contributed by atoms with Crippen molar-refractivity contribution in [2.75, 3.05) is 0 Å². The Bertz CT molecular complexity index is 204. The first-order valence-corrected chi connectivity index (χ1v) is 3.71. The third kappa shape index (κ3) is 2.22. The molecule has 0 aliphatic carbocycles. The summed E-state index contributed by atoms with van der Waals surface area (Å²) in [5.74, 6) is 0.443. The van der Waals surface area contributed by atoms with E-state index >= 15 is 0 Å². The molecule has 1 heterocycles. The third-order valence-corrected chi connectivity index (χ3v) is 1.66. The molecule has 1 aliphatic heterocycles. The van der Waals surface area contributed by atoms with E-state index < -0.39 is 0 Å². The lowest BCUT2D eigenvalue weighted by Gasteiger charge is -2.08. The molecule has 11 heavy (non-hydrogen) atoms. The van der Waals surface area contributed by atoms with Gasteiger partial charge in [-0.3, -0.25) is 4.79 Å². The molecule has 2 heteroatoms. The first-order valence-electron chi connectivity index (χ1n) is 3.71. The van der Waals surface area contributed by atoms with Crippen LogP contribution in [0, 0.1) is 5.92 Å². The Balaban J connectivity index is 2.45. The van der Waals surface area contributed by atoms with Crippen molar-refractivity contribution in [3.8, 4) is 0 Å². The number of hydrogen-bond donors (Lipinski definition) is 0. The minimum absolute atomic E-state index is 0.0545. The zero-order valence-corrected chi connectivity index (χ0v) is 6.78. The van der Waals surface area contributed by atoms with E-state index in [9.17, 15) is 4.79 Å². The van der Waals surface area contributed by atoms with Gasteiger partial charge in [0.25, 0.3) is 0 Å². The molecular formula is C9H12O2. The molecule has 0 aromatic rings. The van der Waals surface area contributed by atoms with Crippen LogP contribution in [0.1, 0.15) is 13.8 Å². The number of rotatable bonds is 2. The Morgan fingerprint density at radius 1 is 1.64 bits per heavy atom. The lowest BCUT2D eigenvalue weighted by molar-refractivity contribution is -0.112. The predicted molar refractivity (Wildman–Crippen MR) is 43.0 cm³/mol. The summed E-state index contributed by atoms with van der Waals surface area (Å²) in [4.78, 5) is 10.5. The second kappa shape index (κ2) is 3.37. The number of carbonyl (C=O) groups is 1. The molecule has 60 valence electrons. The van der Waals surface area contributed by atoms with E-state index in [0.717, 1.165) is 0 Å². The van der Waals surface area contributed by atoms with E-state index in [4.69, 9.17) is 4.74 Å². The smallest absolute Gasteiger partial charge is 0.152 e. The molecule has 2 nitrogen and oxygen atoms in total. The molecule has 0 fully saturated rings. The Labute approximate surface area is 66.5 Å². The van der Waals surface area contributed by atoms with Crippen LogP contribution in [0.3, 0.4) is 0 Å². The van der Waals surface area contributed by atoms with Crippen molar-refractivity contribution >= 4 is 5.78 Å². The van der Waals surface area contributed by atoms with Gasteiger partial charge >= 0.3 is 0 Å². The molecule has 0 saturated carbocycles.